The van der Waals surface area contributed by atoms with Gasteiger partial charge in [-0.2, -0.15) is 0 Å². The van der Waals surface area contributed by atoms with E-state index in [0.717, 1.165) is 6.07 Å². The Balaban J connectivity index is 2.26. The van der Waals surface area contributed by atoms with E-state index in [9.17, 15) is 18.7 Å². The number of aliphatic hydroxyl groups is 1. The fourth-order valence-electron chi connectivity index (χ4n) is 3.15. The quantitative estimate of drug-likeness (QED) is 0.834. The predicted octanol–water partition coefficient (Wildman–Crippen LogP) is 2.55. The SMILES string of the molecule is C[C@]1(c2ccc(F)cc2)C(=O)N(CC(N)O)c2ccc(F)c(Cl)c21. The van der Waals surface area contributed by atoms with Gasteiger partial charge in [0.1, 0.15) is 23.3 Å². The van der Waals surface area contributed by atoms with Crippen LogP contribution < -0.4 is 10.6 Å². The maximum Gasteiger partial charge on any atom is 0.242 e. The summed E-state index contributed by atoms with van der Waals surface area (Å²) >= 11 is 6.15. The molecule has 1 aliphatic rings. The summed E-state index contributed by atoms with van der Waals surface area (Å²) in [4.78, 5) is 14.3. The Morgan fingerprint density at radius 1 is 1.25 bits per heavy atom. The van der Waals surface area contributed by atoms with E-state index in [4.69, 9.17) is 17.3 Å². The molecule has 126 valence electrons. The average Bonchev–Trinajstić information content (AvgIpc) is 2.74. The number of hydrogen-bond donors (Lipinski definition) is 2. The molecule has 2 aromatic rings. The van der Waals surface area contributed by atoms with E-state index in [1.807, 2.05) is 0 Å². The molecule has 0 saturated carbocycles. The lowest BCUT2D eigenvalue weighted by molar-refractivity contribution is -0.121. The van der Waals surface area contributed by atoms with Gasteiger partial charge in [0.2, 0.25) is 5.91 Å². The first-order valence-corrected chi connectivity index (χ1v) is 7.64. The molecule has 7 heteroatoms. The molecule has 0 aliphatic carbocycles. The number of β-amino-alcohol motifs (C(OH)–C–C–N with tert-alkyl or cyclic N) is 1. The van der Waals surface area contributed by atoms with Crippen LogP contribution in [0.25, 0.3) is 0 Å². The van der Waals surface area contributed by atoms with Crippen molar-refractivity contribution < 1.29 is 18.7 Å². The van der Waals surface area contributed by atoms with Crippen molar-refractivity contribution in [1.82, 2.24) is 0 Å². The lowest BCUT2D eigenvalue weighted by Crippen LogP contribution is -2.44. The van der Waals surface area contributed by atoms with Gasteiger partial charge in [0.25, 0.3) is 0 Å². The summed E-state index contributed by atoms with van der Waals surface area (Å²) in [5, 5.41) is 9.31. The number of nitrogens with zero attached hydrogens (tertiary/aromatic N) is 1. The second-order valence-electron chi connectivity index (χ2n) is 5.87. The van der Waals surface area contributed by atoms with E-state index in [1.54, 1.807) is 6.92 Å². The second kappa shape index (κ2) is 5.81. The molecule has 0 aromatic heterocycles. The summed E-state index contributed by atoms with van der Waals surface area (Å²) in [6, 6.07) is 7.94. The minimum Gasteiger partial charge on any atom is -0.377 e. The third kappa shape index (κ3) is 2.38. The highest BCUT2D eigenvalue weighted by Gasteiger charge is 2.50. The first kappa shape index (κ1) is 16.8. The standard InChI is InChI=1S/C17H15ClF2N2O2/c1-17(9-2-4-10(19)5-3-9)14-12(7-6-11(20)15(14)18)22(16(17)24)8-13(21)23/h2-7,13,23H,8,21H2,1H3/t13?,17-/m1/s1. The van der Waals surface area contributed by atoms with Crippen molar-refractivity contribution in [1.29, 1.82) is 0 Å². The van der Waals surface area contributed by atoms with Crippen molar-refractivity contribution in [3.05, 3.63) is 64.2 Å². The molecule has 0 fully saturated rings. The fraction of sp³-hybridized carbons (Fsp3) is 0.235. The number of fused-ring (bicyclic) bond motifs is 1. The summed E-state index contributed by atoms with van der Waals surface area (Å²) in [7, 11) is 0. The number of nitrogens with two attached hydrogens (primary N) is 1. The number of hydrogen-bond acceptors (Lipinski definition) is 3. The molecule has 3 rings (SSSR count). The van der Waals surface area contributed by atoms with Gasteiger partial charge in [-0.1, -0.05) is 23.7 Å². The highest BCUT2D eigenvalue weighted by Crippen LogP contribution is 2.49. The zero-order valence-electron chi connectivity index (χ0n) is 12.8. The van der Waals surface area contributed by atoms with Crippen molar-refractivity contribution in [2.45, 2.75) is 18.6 Å². The molecule has 2 aromatic carbocycles. The van der Waals surface area contributed by atoms with Crippen molar-refractivity contribution in [2.75, 3.05) is 11.4 Å². The molecule has 4 nitrogen and oxygen atoms in total. The lowest BCUT2D eigenvalue weighted by Gasteiger charge is -2.26. The number of rotatable bonds is 3. The van der Waals surface area contributed by atoms with Gasteiger partial charge in [-0.25, -0.2) is 8.78 Å². The maximum absolute atomic E-state index is 14.0. The highest BCUT2D eigenvalue weighted by atomic mass is 35.5. The van der Waals surface area contributed by atoms with Crippen LogP contribution in [0.15, 0.2) is 36.4 Å². The van der Waals surface area contributed by atoms with Crippen LogP contribution in [0.3, 0.4) is 0 Å². The molecule has 0 spiro atoms. The summed E-state index contributed by atoms with van der Waals surface area (Å²) < 4.78 is 27.3. The Bertz CT molecular complexity index is 811. The molecule has 1 amide bonds. The van der Waals surface area contributed by atoms with Crippen LogP contribution in [0.2, 0.25) is 5.02 Å². The normalized spacial score (nSPS) is 21.1. The molecule has 1 unspecified atom stereocenters. The Hall–Kier alpha value is -2.02. The minimum absolute atomic E-state index is 0.162. The molecule has 0 saturated heterocycles. The van der Waals surface area contributed by atoms with Crippen LogP contribution >= 0.6 is 11.6 Å². The van der Waals surface area contributed by atoms with E-state index in [-0.39, 0.29) is 17.1 Å². The largest absolute Gasteiger partial charge is 0.377 e. The number of carbonyl (C=O) groups excluding carboxylic acids is 1. The van der Waals surface area contributed by atoms with Crippen LogP contribution in [0.4, 0.5) is 14.5 Å². The Morgan fingerprint density at radius 3 is 2.46 bits per heavy atom. The molecule has 1 heterocycles. The van der Waals surface area contributed by atoms with E-state index in [0.29, 0.717) is 11.3 Å². The van der Waals surface area contributed by atoms with Crippen LogP contribution in [0.5, 0.6) is 0 Å². The van der Waals surface area contributed by atoms with Crippen LogP contribution in [0, 0.1) is 11.6 Å². The minimum atomic E-state index is -1.31. The third-order valence-corrected chi connectivity index (χ3v) is 4.70. The van der Waals surface area contributed by atoms with E-state index < -0.39 is 29.2 Å². The topological polar surface area (TPSA) is 66.6 Å². The van der Waals surface area contributed by atoms with Crippen LogP contribution in [0.1, 0.15) is 18.1 Å². The summed E-state index contributed by atoms with van der Waals surface area (Å²) in [5.74, 6) is -1.53. The van der Waals surface area contributed by atoms with Gasteiger partial charge in [-0.05, 0) is 36.8 Å². The molecule has 0 bridgehead atoms. The van der Waals surface area contributed by atoms with Crippen LogP contribution in [-0.2, 0) is 10.2 Å². The second-order valence-corrected chi connectivity index (χ2v) is 6.25. The Kier molecular flexibility index (Phi) is 4.07. The van der Waals surface area contributed by atoms with Gasteiger partial charge in [-0.3, -0.25) is 4.79 Å². The van der Waals surface area contributed by atoms with E-state index in [1.165, 1.54) is 35.2 Å². The van der Waals surface area contributed by atoms with Gasteiger partial charge < -0.3 is 15.7 Å². The molecule has 3 N–H and O–H groups in total. The monoisotopic (exact) mass is 352 g/mol. The number of amides is 1. The Labute approximate surface area is 142 Å². The van der Waals surface area contributed by atoms with Gasteiger partial charge in [0, 0.05) is 5.56 Å². The maximum atomic E-state index is 14.0. The predicted molar refractivity (Wildman–Crippen MR) is 86.8 cm³/mol. The highest BCUT2D eigenvalue weighted by molar-refractivity contribution is 6.33. The first-order valence-electron chi connectivity index (χ1n) is 7.27. The third-order valence-electron chi connectivity index (χ3n) is 4.33. The van der Waals surface area contributed by atoms with Crippen LogP contribution in [-0.4, -0.2) is 23.8 Å². The van der Waals surface area contributed by atoms with Gasteiger partial charge >= 0.3 is 0 Å². The summed E-state index contributed by atoms with van der Waals surface area (Å²) in [5.41, 5.74) is 5.23. The number of carbonyl (C=O) groups is 1. The zero-order valence-corrected chi connectivity index (χ0v) is 13.5. The first-order chi connectivity index (χ1) is 11.3. The summed E-state index contributed by atoms with van der Waals surface area (Å²) in [6.45, 7) is 1.43. The number of anilines is 1. The van der Waals surface area contributed by atoms with Gasteiger partial charge in [0.15, 0.2) is 0 Å². The van der Waals surface area contributed by atoms with Gasteiger partial charge in [0.05, 0.1) is 17.3 Å². The van der Waals surface area contributed by atoms with Gasteiger partial charge in [-0.15, -0.1) is 0 Å². The molecular weight excluding hydrogens is 338 g/mol. The zero-order chi connectivity index (χ0) is 17.6. The van der Waals surface area contributed by atoms with E-state index >= 15 is 0 Å². The number of aliphatic hydroxyl groups excluding tert-OH is 1. The summed E-state index contributed by atoms with van der Waals surface area (Å²) in [6.07, 6.45) is -1.26. The van der Waals surface area contributed by atoms with E-state index in [2.05, 4.69) is 0 Å². The molecule has 2 atom stereocenters. The number of halogens is 3. The molecular formula is C17H15ClF2N2O2. The van der Waals surface area contributed by atoms with Crippen molar-refractivity contribution in [2.24, 2.45) is 5.73 Å². The van der Waals surface area contributed by atoms with Crippen molar-refractivity contribution >= 4 is 23.2 Å². The molecule has 1 aliphatic heterocycles. The molecule has 24 heavy (non-hydrogen) atoms. The smallest absolute Gasteiger partial charge is 0.242 e. The van der Waals surface area contributed by atoms with Crippen molar-refractivity contribution in [3.63, 3.8) is 0 Å². The van der Waals surface area contributed by atoms with Crippen molar-refractivity contribution in [3.8, 4) is 0 Å². The average molecular weight is 353 g/mol. The Morgan fingerprint density at radius 2 is 1.88 bits per heavy atom. The fourth-order valence-corrected chi connectivity index (χ4v) is 3.50. The molecule has 0 radical (unpaired) electrons. The number of benzene rings is 2. The lowest BCUT2D eigenvalue weighted by atomic mass is 9.77.